The summed E-state index contributed by atoms with van der Waals surface area (Å²) in [5.74, 6) is 0.203. The number of halogens is 2. The summed E-state index contributed by atoms with van der Waals surface area (Å²) in [5.41, 5.74) is 2.60. The zero-order chi connectivity index (χ0) is 14.0. The molecule has 5 heteroatoms. The molecule has 1 aromatic heterocycles. The van der Waals surface area contributed by atoms with Crippen molar-refractivity contribution in [1.29, 1.82) is 0 Å². The molecule has 1 N–H and O–H groups in total. The minimum Gasteiger partial charge on any atom is -0.348 e. The maximum Gasteiger partial charge on any atom is 0.223 e. The van der Waals surface area contributed by atoms with Crippen molar-refractivity contribution in [3.8, 4) is 0 Å². The van der Waals surface area contributed by atoms with Crippen LogP contribution in [0.2, 0.25) is 5.02 Å². The number of hydrogen-bond donors (Lipinski definition) is 1. The van der Waals surface area contributed by atoms with E-state index in [2.05, 4.69) is 15.3 Å². The molecule has 1 heterocycles. The fourth-order valence-corrected chi connectivity index (χ4v) is 2.25. The Labute approximate surface area is 116 Å². The molecule has 0 amide bonds. The summed E-state index contributed by atoms with van der Waals surface area (Å²) in [7, 11) is 0. The molecule has 0 spiro atoms. The topological polar surface area (TPSA) is 37.8 Å². The molecule has 1 unspecified atom stereocenters. The fourth-order valence-electron chi connectivity index (χ4n) is 1.91. The van der Waals surface area contributed by atoms with Crippen molar-refractivity contribution in [3.63, 3.8) is 0 Å². The van der Waals surface area contributed by atoms with Crippen molar-refractivity contribution in [3.05, 3.63) is 52.1 Å². The molecule has 19 heavy (non-hydrogen) atoms. The van der Waals surface area contributed by atoms with Gasteiger partial charge in [-0.25, -0.2) is 14.4 Å². The number of hydrogen-bond acceptors (Lipinski definition) is 3. The molecule has 0 aliphatic heterocycles. The smallest absolute Gasteiger partial charge is 0.223 e. The molecule has 0 radical (unpaired) electrons. The number of nitrogens with one attached hydrogen (secondary N) is 1. The van der Waals surface area contributed by atoms with Crippen molar-refractivity contribution < 1.29 is 4.39 Å². The van der Waals surface area contributed by atoms with Gasteiger partial charge < -0.3 is 5.32 Å². The van der Waals surface area contributed by atoms with E-state index in [4.69, 9.17) is 11.6 Å². The average molecular weight is 280 g/mol. The molecule has 0 saturated carbocycles. The quantitative estimate of drug-likeness (QED) is 0.921. The van der Waals surface area contributed by atoms with Gasteiger partial charge in [-0.3, -0.25) is 0 Å². The minimum atomic E-state index is -0.344. The second-order valence-corrected chi connectivity index (χ2v) is 4.91. The lowest BCUT2D eigenvalue weighted by molar-refractivity contribution is 0.626. The van der Waals surface area contributed by atoms with E-state index in [1.165, 1.54) is 12.1 Å². The standard InChI is InChI=1S/C14H15ClFN3/c1-8-6-9(2)18-14(17-8)19-10(3)12-5-4-11(16)7-13(12)15/h4-7,10H,1-3H3,(H,17,18,19). The Bertz CT molecular complexity index is 581. The number of benzene rings is 1. The van der Waals surface area contributed by atoms with Crippen LogP contribution < -0.4 is 5.32 Å². The summed E-state index contributed by atoms with van der Waals surface area (Å²) in [6, 6.07) is 6.16. The first-order valence-electron chi connectivity index (χ1n) is 5.99. The zero-order valence-electron chi connectivity index (χ0n) is 11.0. The van der Waals surface area contributed by atoms with Gasteiger partial charge in [-0.05, 0) is 44.5 Å². The van der Waals surface area contributed by atoms with E-state index >= 15 is 0 Å². The minimum absolute atomic E-state index is 0.103. The highest BCUT2D eigenvalue weighted by Crippen LogP contribution is 2.25. The molecule has 0 fully saturated rings. The van der Waals surface area contributed by atoms with Crippen LogP contribution in [0.5, 0.6) is 0 Å². The van der Waals surface area contributed by atoms with Crippen molar-refractivity contribution in [2.24, 2.45) is 0 Å². The van der Waals surface area contributed by atoms with E-state index in [9.17, 15) is 4.39 Å². The Kier molecular flexibility index (Phi) is 4.00. The van der Waals surface area contributed by atoms with Gasteiger partial charge in [0.1, 0.15) is 5.82 Å². The van der Waals surface area contributed by atoms with E-state index < -0.39 is 0 Å². The molecule has 0 bridgehead atoms. The third kappa shape index (κ3) is 3.41. The van der Waals surface area contributed by atoms with Gasteiger partial charge in [0, 0.05) is 16.4 Å². The van der Waals surface area contributed by atoms with Crippen molar-refractivity contribution >= 4 is 17.5 Å². The van der Waals surface area contributed by atoms with Gasteiger partial charge >= 0.3 is 0 Å². The molecule has 2 rings (SSSR count). The Morgan fingerprint density at radius 2 is 1.79 bits per heavy atom. The van der Waals surface area contributed by atoms with Crippen LogP contribution in [0, 0.1) is 19.7 Å². The molecular weight excluding hydrogens is 265 g/mol. The van der Waals surface area contributed by atoms with E-state index in [0.717, 1.165) is 17.0 Å². The number of nitrogens with zero attached hydrogens (tertiary/aromatic N) is 2. The highest BCUT2D eigenvalue weighted by Gasteiger charge is 2.12. The van der Waals surface area contributed by atoms with Crippen LogP contribution in [-0.2, 0) is 0 Å². The molecule has 0 saturated heterocycles. The predicted octanol–water partition coefficient (Wildman–Crippen LogP) is 4.06. The maximum absolute atomic E-state index is 13.0. The Hall–Kier alpha value is -1.68. The van der Waals surface area contributed by atoms with E-state index in [1.54, 1.807) is 6.07 Å². The first-order chi connectivity index (χ1) is 8.95. The highest BCUT2D eigenvalue weighted by molar-refractivity contribution is 6.31. The van der Waals surface area contributed by atoms with Gasteiger partial charge in [0.2, 0.25) is 5.95 Å². The van der Waals surface area contributed by atoms with E-state index in [1.807, 2.05) is 26.8 Å². The summed E-state index contributed by atoms with van der Waals surface area (Å²) in [6.45, 7) is 5.75. The molecular formula is C14H15ClFN3. The second kappa shape index (κ2) is 5.53. The van der Waals surface area contributed by atoms with E-state index in [0.29, 0.717) is 11.0 Å². The lowest BCUT2D eigenvalue weighted by Crippen LogP contribution is -2.11. The van der Waals surface area contributed by atoms with Gasteiger partial charge in [0.15, 0.2) is 0 Å². The Morgan fingerprint density at radius 3 is 2.37 bits per heavy atom. The molecule has 3 nitrogen and oxygen atoms in total. The highest BCUT2D eigenvalue weighted by atomic mass is 35.5. The normalized spacial score (nSPS) is 12.3. The molecule has 1 aromatic carbocycles. The maximum atomic E-state index is 13.0. The summed E-state index contributed by atoms with van der Waals surface area (Å²) in [4.78, 5) is 8.61. The van der Waals surface area contributed by atoms with E-state index in [-0.39, 0.29) is 11.9 Å². The van der Waals surface area contributed by atoms with Crippen LogP contribution >= 0.6 is 11.6 Å². The van der Waals surface area contributed by atoms with Gasteiger partial charge in [-0.1, -0.05) is 17.7 Å². The molecule has 0 aliphatic rings. The lowest BCUT2D eigenvalue weighted by atomic mass is 10.1. The second-order valence-electron chi connectivity index (χ2n) is 4.51. The third-order valence-electron chi connectivity index (χ3n) is 2.76. The van der Waals surface area contributed by atoms with Crippen LogP contribution in [0.4, 0.5) is 10.3 Å². The number of anilines is 1. The van der Waals surface area contributed by atoms with Gasteiger partial charge in [0.25, 0.3) is 0 Å². The lowest BCUT2D eigenvalue weighted by Gasteiger charge is -2.16. The molecule has 2 aromatic rings. The summed E-state index contributed by atoms with van der Waals surface area (Å²) >= 11 is 6.03. The zero-order valence-corrected chi connectivity index (χ0v) is 11.8. The summed E-state index contributed by atoms with van der Waals surface area (Å²) < 4.78 is 13.0. The molecule has 100 valence electrons. The monoisotopic (exact) mass is 279 g/mol. The average Bonchev–Trinajstić information content (AvgIpc) is 2.26. The molecule has 1 atom stereocenters. The molecule has 0 aliphatic carbocycles. The third-order valence-corrected chi connectivity index (χ3v) is 3.08. The summed E-state index contributed by atoms with van der Waals surface area (Å²) in [5, 5.41) is 3.56. The van der Waals surface area contributed by atoms with Crippen LogP contribution in [0.15, 0.2) is 24.3 Å². The SMILES string of the molecule is Cc1cc(C)nc(NC(C)c2ccc(F)cc2Cl)n1. The first-order valence-corrected chi connectivity index (χ1v) is 6.37. The van der Waals surface area contributed by atoms with Crippen molar-refractivity contribution in [1.82, 2.24) is 9.97 Å². The number of aromatic nitrogens is 2. The first kappa shape index (κ1) is 13.7. The van der Waals surface area contributed by atoms with Crippen molar-refractivity contribution in [2.75, 3.05) is 5.32 Å². The largest absolute Gasteiger partial charge is 0.348 e. The Balaban J connectivity index is 2.22. The van der Waals surface area contributed by atoms with Crippen LogP contribution in [-0.4, -0.2) is 9.97 Å². The number of aryl methyl sites for hydroxylation is 2. The van der Waals surface area contributed by atoms with Crippen LogP contribution in [0.3, 0.4) is 0 Å². The van der Waals surface area contributed by atoms with Gasteiger partial charge in [0.05, 0.1) is 6.04 Å². The summed E-state index contributed by atoms with van der Waals surface area (Å²) in [6.07, 6.45) is 0. The Morgan fingerprint density at radius 1 is 1.16 bits per heavy atom. The predicted molar refractivity (Wildman–Crippen MR) is 75.0 cm³/mol. The fraction of sp³-hybridized carbons (Fsp3) is 0.286. The van der Waals surface area contributed by atoms with Gasteiger partial charge in [-0.15, -0.1) is 0 Å². The number of rotatable bonds is 3. The van der Waals surface area contributed by atoms with Crippen LogP contribution in [0.1, 0.15) is 29.9 Å². The van der Waals surface area contributed by atoms with Crippen LogP contribution in [0.25, 0.3) is 0 Å². The van der Waals surface area contributed by atoms with Crippen molar-refractivity contribution in [2.45, 2.75) is 26.8 Å². The van der Waals surface area contributed by atoms with Gasteiger partial charge in [-0.2, -0.15) is 0 Å².